The highest BCUT2D eigenvalue weighted by molar-refractivity contribution is 7.83. The summed E-state index contributed by atoms with van der Waals surface area (Å²) in [6, 6.07) is 10.1. The smallest absolute Gasteiger partial charge is 0.159 e. The van der Waals surface area contributed by atoms with E-state index in [0.717, 1.165) is 17.8 Å². The van der Waals surface area contributed by atoms with E-state index in [1.807, 2.05) is 24.3 Å². The zero-order valence-corrected chi connectivity index (χ0v) is 9.64. The van der Waals surface area contributed by atoms with Crippen LogP contribution < -0.4 is 0 Å². The van der Waals surface area contributed by atoms with Crippen molar-refractivity contribution in [2.75, 3.05) is 0 Å². The van der Waals surface area contributed by atoms with E-state index in [1.165, 1.54) is 5.56 Å². The Hall–Kier alpha value is -1.61. The minimum atomic E-state index is 0.763. The molecule has 0 atom stereocenters. The minimum absolute atomic E-state index is 0.763. The summed E-state index contributed by atoms with van der Waals surface area (Å²) in [4.78, 5) is 8.41. The maximum atomic E-state index is 4.20. The van der Waals surface area contributed by atoms with E-state index >= 15 is 0 Å². The molecule has 0 N–H and O–H groups in total. The molecule has 0 spiro atoms. The summed E-state index contributed by atoms with van der Waals surface area (Å²) >= 11 is 4.03. The normalized spacial score (nSPS) is 10.8. The number of aromatic nitrogens is 2. The Morgan fingerprint density at radius 1 is 1.06 bits per heavy atom. The summed E-state index contributed by atoms with van der Waals surface area (Å²) in [6.07, 6.45) is 6.41. The number of benzene rings is 1. The molecule has 1 heterocycles. The van der Waals surface area contributed by atoms with Gasteiger partial charge in [-0.05, 0) is 23.5 Å². The predicted molar refractivity (Wildman–Crippen MR) is 69.3 cm³/mol. The summed E-state index contributed by atoms with van der Waals surface area (Å²) in [5.41, 5.74) is 2.30. The van der Waals surface area contributed by atoms with Crippen LogP contribution in [0.5, 0.6) is 0 Å². The molecule has 2 rings (SSSR count). The minimum Gasteiger partial charge on any atom is -0.237 e. The lowest BCUT2D eigenvalue weighted by molar-refractivity contribution is 1.17. The van der Waals surface area contributed by atoms with E-state index in [9.17, 15) is 0 Å². The molecule has 1 aromatic heterocycles. The van der Waals surface area contributed by atoms with Crippen molar-refractivity contribution in [3.05, 3.63) is 59.8 Å². The van der Waals surface area contributed by atoms with Crippen molar-refractivity contribution >= 4 is 12.6 Å². The molecule has 0 aliphatic carbocycles. The fraction of sp³-hybridized carbons (Fsp3) is 0.0769. The zero-order valence-electron chi connectivity index (χ0n) is 8.74. The quantitative estimate of drug-likeness (QED) is 0.817. The van der Waals surface area contributed by atoms with Crippen LogP contribution in [0.2, 0.25) is 0 Å². The highest BCUT2D eigenvalue weighted by atomic mass is 32.1. The molecule has 2 nitrogen and oxygen atoms in total. The Kier molecular flexibility index (Phi) is 3.72. The van der Waals surface area contributed by atoms with Gasteiger partial charge in [0, 0.05) is 18.0 Å². The maximum Gasteiger partial charge on any atom is 0.159 e. The van der Waals surface area contributed by atoms with Crippen molar-refractivity contribution in [1.29, 1.82) is 0 Å². The van der Waals surface area contributed by atoms with Crippen LogP contribution >= 0.6 is 12.6 Å². The number of allylic oxidation sites excluding steroid dienone is 1. The van der Waals surface area contributed by atoms with Crippen LogP contribution in [-0.2, 0) is 6.42 Å². The van der Waals surface area contributed by atoms with Crippen LogP contribution in [0.1, 0.15) is 5.56 Å². The molecule has 3 heteroatoms. The Balaban J connectivity index is 2.20. The molecule has 0 amide bonds. The summed E-state index contributed by atoms with van der Waals surface area (Å²) < 4.78 is 0. The molecule has 2 aromatic rings. The third-order valence-corrected chi connectivity index (χ3v) is 2.45. The molecule has 0 radical (unpaired) electrons. The van der Waals surface area contributed by atoms with Gasteiger partial charge in [0.2, 0.25) is 0 Å². The van der Waals surface area contributed by atoms with E-state index in [1.54, 1.807) is 17.8 Å². The van der Waals surface area contributed by atoms with Gasteiger partial charge in [-0.3, -0.25) is 0 Å². The second-order valence-electron chi connectivity index (χ2n) is 3.36. The monoisotopic (exact) mass is 228 g/mol. The highest BCUT2D eigenvalue weighted by Crippen LogP contribution is 2.14. The lowest BCUT2D eigenvalue weighted by Gasteiger charge is -2.00. The van der Waals surface area contributed by atoms with Gasteiger partial charge in [0.25, 0.3) is 0 Å². The van der Waals surface area contributed by atoms with Crippen LogP contribution in [-0.4, -0.2) is 9.97 Å². The van der Waals surface area contributed by atoms with Crippen LogP contribution in [0, 0.1) is 0 Å². The largest absolute Gasteiger partial charge is 0.237 e. The maximum absolute atomic E-state index is 4.20. The average Bonchev–Trinajstić information content (AvgIpc) is 2.38. The van der Waals surface area contributed by atoms with Gasteiger partial charge in [-0.15, -0.1) is 0 Å². The fourth-order valence-corrected chi connectivity index (χ4v) is 1.53. The van der Waals surface area contributed by atoms with Crippen molar-refractivity contribution in [2.45, 2.75) is 6.42 Å². The fourth-order valence-electron chi connectivity index (χ4n) is 1.43. The average molecular weight is 228 g/mol. The number of hydrogen-bond donors (Lipinski definition) is 1. The lowest BCUT2D eigenvalue weighted by atomic mass is 10.1. The van der Waals surface area contributed by atoms with Gasteiger partial charge in [-0.1, -0.05) is 30.3 Å². The van der Waals surface area contributed by atoms with Gasteiger partial charge in [-0.2, -0.15) is 12.6 Å². The molecule has 1 aromatic carbocycles. The highest BCUT2D eigenvalue weighted by Gasteiger charge is 1.98. The second-order valence-corrected chi connectivity index (χ2v) is 3.66. The Morgan fingerprint density at radius 2 is 1.75 bits per heavy atom. The molecule has 0 aliphatic heterocycles. The number of nitrogens with zero attached hydrogens (tertiary/aromatic N) is 2. The van der Waals surface area contributed by atoms with E-state index in [4.69, 9.17) is 0 Å². The van der Waals surface area contributed by atoms with E-state index in [2.05, 4.69) is 34.7 Å². The first-order chi connectivity index (χ1) is 7.90. The molecule has 0 saturated heterocycles. The SMILES string of the molecule is S/C=C/Cc1ccc(-c2ncccn2)cc1. The van der Waals surface area contributed by atoms with Crippen LogP contribution in [0.25, 0.3) is 11.4 Å². The summed E-state index contributed by atoms with van der Waals surface area (Å²) in [7, 11) is 0. The molecule has 0 aliphatic rings. The third-order valence-electron chi connectivity index (χ3n) is 2.24. The molecule has 0 unspecified atom stereocenters. The standard InChI is InChI=1S/C13H12N2S/c16-10-1-3-11-4-6-12(7-5-11)13-14-8-2-9-15-13/h1-2,4-10,16H,3H2/b10-1+. The summed E-state index contributed by atoms with van der Waals surface area (Å²) in [6.45, 7) is 0. The van der Waals surface area contributed by atoms with Crippen LogP contribution in [0.4, 0.5) is 0 Å². The Bertz CT molecular complexity index is 463. The van der Waals surface area contributed by atoms with E-state index in [-0.39, 0.29) is 0 Å². The van der Waals surface area contributed by atoms with Gasteiger partial charge < -0.3 is 0 Å². The molecule has 80 valence electrons. The van der Waals surface area contributed by atoms with Crippen molar-refractivity contribution in [2.24, 2.45) is 0 Å². The van der Waals surface area contributed by atoms with Crippen molar-refractivity contribution < 1.29 is 0 Å². The number of rotatable bonds is 3. The first-order valence-electron chi connectivity index (χ1n) is 5.05. The van der Waals surface area contributed by atoms with Crippen molar-refractivity contribution in [3.63, 3.8) is 0 Å². The Labute approximate surface area is 100 Å². The molecule has 16 heavy (non-hydrogen) atoms. The van der Waals surface area contributed by atoms with Crippen molar-refractivity contribution in [1.82, 2.24) is 9.97 Å². The topological polar surface area (TPSA) is 25.8 Å². The number of thiol groups is 1. The van der Waals surface area contributed by atoms with Gasteiger partial charge in [0.05, 0.1) is 0 Å². The molecule has 0 saturated carbocycles. The summed E-state index contributed by atoms with van der Waals surface area (Å²) in [5.74, 6) is 0.763. The molecule has 0 bridgehead atoms. The van der Waals surface area contributed by atoms with Gasteiger partial charge in [0.15, 0.2) is 5.82 Å². The number of hydrogen-bond acceptors (Lipinski definition) is 3. The first-order valence-corrected chi connectivity index (χ1v) is 5.57. The molecular weight excluding hydrogens is 216 g/mol. The second kappa shape index (κ2) is 5.47. The molecule has 0 fully saturated rings. The van der Waals surface area contributed by atoms with E-state index in [0.29, 0.717) is 0 Å². The molecular formula is C13H12N2S. The lowest BCUT2D eigenvalue weighted by Crippen LogP contribution is -1.87. The van der Waals surface area contributed by atoms with Gasteiger partial charge >= 0.3 is 0 Å². The first kappa shape index (κ1) is 10.9. The third kappa shape index (κ3) is 2.70. The zero-order chi connectivity index (χ0) is 11.2. The van der Waals surface area contributed by atoms with Crippen LogP contribution in [0.3, 0.4) is 0 Å². The van der Waals surface area contributed by atoms with Crippen molar-refractivity contribution in [3.8, 4) is 11.4 Å². The Morgan fingerprint density at radius 3 is 2.38 bits per heavy atom. The van der Waals surface area contributed by atoms with Gasteiger partial charge in [0.1, 0.15) is 0 Å². The van der Waals surface area contributed by atoms with Crippen LogP contribution in [0.15, 0.2) is 54.2 Å². The van der Waals surface area contributed by atoms with E-state index < -0.39 is 0 Å². The predicted octanol–water partition coefficient (Wildman–Crippen LogP) is 3.13. The summed E-state index contributed by atoms with van der Waals surface area (Å²) in [5, 5.41) is 1.76. The van der Waals surface area contributed by atoms with Gasteiger partial charge in [-0.25, -0.2) is 9.97 Å².